The van der Waals surface area contributed by atoms with E-state index >= 15 is 0 Å². The molecule has 0 N–H and O–H groups in total. The van der Waals surface area contributed by atoms with E-state index in [1.807, 2.05) is 0 Å². The summed E-state index contributed by atoms with van der Waals surface area (Å²) in [4.78, 5) is 3.95. The van der Waals surface area contributed by atoms with Gasteiger partial charge in [-0.1, -0.05) is 0 Å². The summed E-state index contributed by atoms with van der Waals surface area (Å²) in [5, 5.41) is 0. The summed E-state index contributed by atoms with van der Waals surface area (Å²) in [6, 6.07) is 4.34. The van der Waals surface area contributed by atoms with Crippen LogP contribution in [0.2, 0.25) is 0 Å². The van der Waals surface area contributed by atoms with E-state index in [0.717, 1.165) is 6.26 Å². The van der Waals surface area contributed by atoms with Gasteiger partial charge in [0.2, 0.25) is 10.0 Å². The van der Waals surface area contributed by atoms with Crippen molar-refractivity contribution in [1.29, 1.82) is 0 Å². The lowest BCUT2D eigenvalue weighted by Gasteiger charge is -2.17. The Hall–Kier alpha value is -1.10. The molecular formula is C8H11N2O2S. The van der Waals surface area contributed by atoms with E-state index in [2.05, 4.69) is 11.1 Å². The number of sulfonamides is 1. The average Bonchev–Trinajstić information content (AvgIpc) is 2.02. The SMILES string of the molecule is Cc1nc[c]cc1N(C)S(C)(=O)=O. The molecule has 1 radical (unpaired) electrons. The fraction of sp³-hybridized carbons (Fsp3) is 0.375. The maximum absolute atomic E-state index is 11.2. The Morgan fingerprint density at radius 2 is 2.15 bits per heavy atom. The zero-order chi connectivity index (χ0) is 10.1. The fourth-order valence-electron chi connectivity index (χ4n) is 0.918. The van der Waals surface area contributed by atoms with Gasteiger partial charge in [0, 0.05) is 19.3 Å². The summed E-state index contributed by atoms with van der Waals surface area (Å²) in [5.41, 5.74) is 1.23. The van der Waals surface area contributed by atoms with Gasteiger partial charge in [0.1, 0.15) is 0 Å². The smallest absolute Gasteiger partial charge is 0.232 e. The van der Waals surface area contributed by atoms with Crippen LogP contribution in [0, 0.1) is 13.0 Å². The number of anilines is 1. The van der Waals surface area contributed by atoms with E-state index in [1.165, 1.54) is 17.5 Å². The number of aromatic nitrogens is 1. The minimum absolute atomic E-state index is 0.560. The van der Waals surface area contributed by atoms with Gasteiger partial charge in [0.25, 0.3) is 0 Å². The molecule has 1 aromatic rings. The predicted molar refractivity (Wildman–Crippen MR) is 51.1 cm³/mol. The molecule has 1 rings (SSSR count). The standard InChI is InChI=1S/C8H11N2O2S/c1-7-8(5-4-6-9-7)10(2)13(3,11)12/h5-6H,1-3H3. The van der Waals surface area contributed by atoms with E-state index in [9.17, 15) is 8.42 Å². The van der Waals surface area contributed by atoms with Gasteiger partial charge in [0.05, 0.1) is 17.6 Å². The first-order chi connectivity index (χ1) is 5.93. The van der Waals surface area contributed by atoms with Gasteiger partial charge < -0.3 is 0 Å². The Balaban J connectivity index is 3.17. The second-order valence-electron chi connectivity index (χ2n) is 2.77. The molecule has 4 nitrogen and oxygen atoms in total. The van der Waals surface area contributed by atoms with Crippen LogP contribution in [0.3, 0.4) is 0 Å². The molecule has 0 aliphatic heterocycles. The van der Waals surface area contributed by atoms with Gasteiger partial charge in [-0.05, 0) is 13.0 Å². The van der Waals surface area contributed by atoms with E-state index < -0.39 is 10.0 Å². The highest BCUT2D eigenvalue weighted by Gasteiger charge is 2.13. The van der Waals surface area contributed by atoms with Crippen LogP contribution in [0.5, 0.6) is 0 Å². The Kier molecular flexibility index (Phi) is 2.56. The van der Waals surface area contributed by atoms with Crippen molar-refractivity contribution in [3.8, 4) is 0 Å². The number of rotatable bonds is 2. The monoisotopic (exact) mass is 199 g/mol. The third-order valence-electron chi connectivity index (χ3n) is 1.76. The van der Waals surface area contributed by atoms with Gasteiger partial charge in [-0.25, -0.2) is 8.42 Å². The maximum Gasteiger partial charge on any atom is 0.232 e. The van der Waals surface area contributed by atoms with Crippen molar-refractivity contribution < 1.29 is 8.42 Å². The minimum Gasteiger partial charge on any atom is -0.272 e. The average molecular weight is 199 g/mol. The van der Waals surface area contributed by atoms with E-state index in [1.54, 1.807) is 13.0 Å². The van der Waals surface area contributed by atoms with Gasteiger partial charge in [-0.3, -0.25) is 9.29 Å². The molecule has 0 saturated heterocycles. The van der Waals surface area contributed by atoms with Gasteiger partial charge in [-0.2, -0.15) is 0 Å². The quantitative estimate of drug-likeness (QED) is 0.700. The van der Waals surface area contributed by atoms with Crippen molar-refractivity contribution in [2.24, 2.45) is 0 Å². The molecule has 0 aromatic carbocycles. The summed E-state index contributed by atoms with van der Waals surface area (Å²) in [6.45, 7) is 1.75. The summed E-state index contributed by atoms with van der Waals surface area (Å²) in [7, 11) is -1.71. The molecular weight excluding hydrogens is 188 g/mol. The third kappa shape index (κ3) is 2.18. The number of pyridine rings is 1. The van der Waals surface area contributed by atoms with E-state index in [-0.39, 0.29) is 0 Å². The number of aryl methyl sites for hydroxylation is 1. The Morgan fingerprint density at radius 1 is 1.54 bits per heavy atom. The van der Waals surface area contributed by atoms with Crippen LogP contribution in [0.15, 0.2) is 12.3 Å². The normalized spacial score (nSPS) is 11.3. The van der Waals surface area contributed by atoms with Crippen LogP contribution in [0.4, 0.5) is 5.69 Å². The largest absolute Gasteiger partial charge is 0.272 e. The Morgan fingerprint density at radius 3 is 2.62 bits per heavy atom. The third-order valence-corrected chi connectivity index (χ3v) is 2.95. The molecule has 1 heterocycles. The molecule has 0 aliphatic carbocycles. The van der Waals surface area contributed by atoms with Crippen molar-refractivity contribution in [1.82, 2.24) is 4.98 Å². The lowest BCUT2D eigenvalue weighted by atomic mass is 10.3. The number of nitrogens with zero attached hydrogens (tertiary/aromatic N) is 2. The molecule has 0 bridgehead atoms. The zero-order valence-electron chi connectivity index (χ0n) is 7.77. The molecule has 0 spiro atoms. The first-order valence-electron chi connectivity index (χ1n) is 3.69. The van der Waals surface area contributed by atoms with Crippen LogP contribution in [-0.4, -0.2) is 26.7 Å². The van der Waals surface area contributed by atoms with Gasteiger partial charge in [0.15, 0.2) is 0 Å². The van der Waals surface area contributed by atoms with Crippen molar-refractivity contribution in [2.75, 3.05) is 17.6 Å². The fourth-order valence-corrected chi connectivity index (χ4v) is 1.46. The van der Waals surface area contributed by atoms with Crippen LogP contribution >= 0.6 is 0 Å². The Bertz CT molecular complexity index is 400. The highest BCUT2D eigenvalue weighted by atomic mass is 32.2. The van der Waals surface area contributed by atoms with Gasteiger partial charge >= 0.3 is 0 Å². The molecule has 5 heteroatoms. The summed E-state index contributed by atoms with van der Waals surface area (Å²) < 4.78 is 23.5. The zero-order valence-corrected chi connectivity index (χ0v) is 8.59. The molecule has 0 amide bonds. The van der Waals surface area contributed by atoms with Crippen LogP contribution in [0.25, 0.3) is 0 Å². The van der Waals surface area contributed by atoms with E-state index in [4.69, 9.17) is 0 Å². The number of hydrogen-bond donors (Lipinski definition) is 0. The minimum atomic E-state index is -3.21. The predicted octanol–water partition coefficient (Wildman–Crippen LogP) is 0.586. The highest BCUT2D eigenvalue weighted by molar-refractivity contribution is 7.92. The molecule has 0 unspecified atom stereocenters. The molecule has 1 aromatic heterocycles. The second kappa shape index (κ2) is 3.33. The lowest BCUT2D eigenvalue weighted by molar-refractivity contribution is 0.600. The number of hydrogen-bond acceptors (Lipinski definition) is 3. The lowest BCUT2D eigenvalue weighted by Crippen LogP contribution is -2.25. The molecule has 0 fully saturated rings. The highest BCUT2D eigenvalue weighted by Crippen LogP contribution is 2.17. The summed E-state index contributed by atoms with van der Waals surface area (Å²) in [6.07, 6.45) is 2.66. The van der Waals surface area contributed by atoms with Crippen molar-refractivity contribution in [3.05, 3.63) is 24.0 Å². The molecule has 0 saturated carbocycles. The van der Waals surface area contributed by atoms with Crippen LogP contribution < -0.4 is 4.31 Å². The van der Waals surface area contributed by atoms with Crippen molar-refractivity contribution in [2.45, 2.75) is 6.92 Å². The first-order valence-corrected chi connectivity index (χ1v) is 5.54. The van der Waals surface area contributed by atoms with Crippen LogP contribution in [0.1, 0.15) is 5.69 Å². The molecule has 71 valence electrons. The maximum atomic E-state index is 11.2. The second-order valence-corrected chi connectivity index (χ2v) is 4.78. The molecule has 0 atom stereocenters. The van der Waals surface area contributed by atoms with Crippen LogP contribution in [-0.2, 0) is 10.0 Å². The van der Waals surface area contributed by atoms with E-state index in [0.29, 0.717) is 11.4 Å². The van der Waals surface area contributed by atoms with Gasteiger partial charge in [-0.15, -0.1) is 0 Å². The molecule has 13 heavy (non-hydrogen) atoms. The topological polar surface area (TPSA) is 50.3 Å². The Labute approximate surface area is 78.3 Å². The summed E-state index contributed by atoms with van der Waals surface area (Å²) in [5.74, 6) is 0. The molecule has 0 aliphatic rings. The van der Waals surface area contributed by atoms with Crippen molar-refractivity contribution in [3.63, 3.8) is 0 Å². The first kappa shape index (κ1) is 9.98. The van der Waals surface area contributed by atoms with Crippen molar-refractivity contribution >= 4 is 15.7 Å². The summed E-state index contributed by atoms with van der Waals surface area (Å²) >= 11 is 0.